The van der Waals surface area contributed by atoms with E-state index in [1.165, 1.54) is 0 Å². The predicted octanol–water partition coefficient (Wildman–Crippen LogP) is 2.38. The average molecular weight is 535 g/mol. The average Bonchev–Trinajstić information content (AvgIpc) is 2.85. The van der Waals surface area contributed by atoms with Gasteiger partial charge in [-0.3, -0.25) is 4.79 Å². The number of carbonyl (C=O) groups is 1. The summed E-state index contributed by atoms with van der Waals surface area (Å²) in [6.45, 7) is 6.44. The molecule has 38 heavy (non-hydrogen) atoms. The number of hydrogen-bond acceptors (Lipinski definition) is 7. The van der Waals surface area contributed by atoms with Crippen molar-refractivity contribution in [1.29, 1.82) is 0 Å². The zero-order chi connectivity index (χ0) is 27.6. The number of fused-ring (bicyclic) bond motifs is 2. The molecule has 8 heteroatoms. The number of aliphatic hydroxyl groups excluding tert-OH is 1. The highest BCUT2D eigenvalue weighted by molar-refractivity contribution is 5.68. The Morgan fingerprint density at radius 1 is 1.21 bits per heavy atom. The van der Waals surface area contributed by atoms with Crippen LogP contribution in [0.4, 0.5) is 0 Å². The van der Waals surface area contributed by atoms with Gasteiger partial charge in [0, 0.05) is 42.5 Å². The lowest BCUT2D eigenvalue weighted by Crippen LogP contribution is -2.57. The lowest BCUT2D eigenvalue weighted by atomic mass is 9.82. The fraction of sp³-hybridized carbons (Fsp3) is 0.900. The van der Waals surface area contributed by atoms with Crippen LogP contribution in [0.5, 0.6) is 0 Å². The SMILES string of the molecule is CNC[C@H](CC[C@@H]1CC[C@@H](O)[C@H](C)N1)C[C@@H]1C#CC[C@H]2C[C@](C)(CCN2)NC[C@](O)(CC(=O)O)CCCC1. The molecular formula is C30H54N4O4. The van der Waals surface area contributed by atoms with Gasteiger partial charge in [-0.15, -0.1) is 5.92 Å². The summed E-state index contributed by atoms with van der Waals surface area (Å²) in [5, 5.41) is 44.9. The normalized spacial score (nSPS) is 37.9. The predicted molar refractivity (Wildman–Crippen MR) is 152 cm³/mol. The fourth-order valence-electron chi connectivity index (χ4n) is 6.74. The van der Waals surface area contributed by atoms with Crippen LogP contribution in [-0.4, -0.2) is 83.3 Å². The van der Waals surface area contributed by atoms with Crippen LogP contribution in [0.15, 0.2) is 0 Å². The number of nitrogens with one attached hydrogen (secondary N) is 4. The topological polar surface area (TPSA) is 126 Å². The molecule has 3 rings (SSSR count). The van der Waals surface area contributed by atoms with E-state index in [0.717, 1.165) is 83.7 Å². The molecule has 7 N–H and O–H groups in total. The van der Waals surface area contributed by atoms with Crippen molar-refractivity contribution in [1.82, 2.24) is 21.3 Å². The van der Waals surface area contributed by atoms with Gasteiger partial charge in [-0.2, -0.15) is 0 Å². The highest BCUT2D eigenvalue weighted by Crippen LogP contribution is 2.29. The lowest BCUT2D eigenvalue weighted by Gasteiger charge is -2.41. The number of β-amino-alcohol motifs (C(OH)–C–C–N with tert-alkyl or cyclic N) is 1. The van der Waals surface area contributed by atoms with Crippen molar-refractivity contribution in [2.45, 2.75) is 133 Å². The van der Waals surface area contributed by atoms with Gasteiger partial charge in [0.15, 0.2) is 0 Å². The van der Waals surface area contributed by atoms with Crippen LogP contribution in [0.2, 0.25) is 0 Å². The van der Waals surface area contributed by atoms with Crippen molar-refractivity contribution in [3.63, 3.8) is 0 Å². The van der Waals surface area contributed by atoms with Crippen molar-refractivity contribution in [2.75, 3.05) is 26.7 Å². The van der Waals surface area contributed by atoms with Crippen molar-refractivity contribution in [3.05, 3.63) is 0 Å². The van der Waals surface area contributed by atoms with E-state index in [1.54, 1.807) is 0 Å². The molecule has 3 aliphatic rings. The van der Waals surface area contributed by atoms with Crippen LogP contribution in [0.1, 0.15) is 97.3 Å². The molecule has 2 fully saturated rings. The summed E-state index contributed by atoms with van der Waals surface area (Å²) in [6.07, 6.45) is 10.6. The van der Waals surface area contributed by atoms with E-state index in [2.05, 4.69) is 47.0 Å². The molecule has 0 aromatic heterocycles. The molecule has 218 valence electrons. The summed E-state index contributed by atoms with van der Waals surface area (Å²) in [7, 11) is 2.02. The van der Waals surface area contributed by atoms with E-state index in [0.29, 0.717) is 36.9 Å². The molecule has 0 aliphatic carbocycles. The summed E-state index contributed by atoms with van der Waals surface area (Å²) in [5.41, 5.74) is -1.36. The van der Waals surface area contributed by atoms with Gasteiger partial charge in [-0.25, -0.2) is 0 Å². The van der Waals surface area contributed by atoms with Gasteiger partial charge in [0.2, 0.25) is 0 Å². The Hall–Kier alpha value is -1.21. The van der Waals surface area contributed by atoms with Crippen molar-refractivity contribution >= 4 is 5.97 Å². The number of carboxylic acid groups (broad SMARTS) is 1. The maximum Gasteiger partial charge on any atom is 0.306 e. The minimum Gasteiger partial charge on any atom is -0.481 e. The molecule has 8 atom stereocenters. The number of carboxylic acids is 1. The second kappa shape index (κ2) is 15.0. The molecule has 0 amide bonds. The van der Waals surface area contributed by atoms with Gasteiger partial charge < -0.3 is 36.6 Å². The summed E-state index contributed by atoms with van der Waals surface area (Å²) in [5.74, 6) is 7.07. The number of aliphatic carboxylic acids is 1. The number of aliphatic hydroxyl groups is 2. The van der Waals surface area contributed by atoms with E-state index < -0.39 is 11.6 Å². The Balaban J connectivity index is 1.66. The van der Waals surface area contributed by atoms with Gasteiger partial charge in [0.25, 0.3) is 0 Å². The maximum absolute atomic E-state index is 11.5. The molecule has 0 radical (unpaired) electrons. The van der Waals surface area contributed by atoms with Gasteiger partial charge in [0.05, 0.1) is 18.1 Å². The largest absolute Gasteiger partial charge is 0.481 e. The van der Waals surface area contributed by atoms with Crippen LogP contribution in [0, 0.1) is 23.7 Å². The zero-order valence-electron chi connectivity index (χ0n) is 24.0. The number of piperidine rings is 2. The Morgan fingerprint density at radius 2 is 2.03 bits per heavy atom. The molecule has 0 saturated carbocycles. The van der Waals surface area contributed by atoms with E-state index in [9.17, 15) is 20.1 Å². The first-order chi connectivity index (χ1) is 18.1. The molecule has 2 saturated heterocycles. The monoisotopic (exact) mass is 534 g/mol. The highest BCUT2D eigenvalue weighted by Gasteiger charge is 2.36. The Bertz CT molecular complexity index is 801. The van der Waals surface area contributed by atoms with Crippen LogP contribution in [0.25, 0.3) is 0 Å². The Kier molecular flexibility index (Phi) is 12.3. The number of hydrogen-bond donors (Lipinski definition) is 7. The third-order valence-electron chi connectivity index (χ3n) is 9.15. The highest BCUT2D eigenvalue weighted by atomic mass is 16.4. The summed E-state index contributed by atoms with van der Waals surface area (Å²) >= 11 is 0. The second-order valence-corrected chi connectivity index (χ2v) is 12.8. The van der Waals surface area contributed by atoms with Gasteiger partial charge in [-0.1, -0.05) is 18.8 Å². The Labute approximate surface area is 230 Å². The van der Waals surface area contributed by atoms with Gasteiger partial charge in [0.1, 0.15) is 0 Å². The first-order valence-electron chi connectivity index (χ1n) is 15.1. The molecule has 8 nitrogen and oxygen atoms in total. The van der Waals surface area contributed by atoms with E-state index in [1.807, 2.05) is 7.05 Å². The van der Waals surface area contributed by atoms with Crippen molar-refractivity contribution < 1.29 is 20.1 Å². The minimum absolute atomic E-state index is 0.133. The van der Waals surface area contributed by atoms with E-state index in [4.69, 9.17) is 0 Å². The van der Waals surface area contributed by atoms with Gasteiger partial charge in [-0.05, 0) is 97.7 Å². The first kappa shape index (κ1) is 31.3. The fourth-order valence-corrected chi connectivity index (χ4v) is 6.74. The number of rotatable bonds is 9. The second-order valence-electron chi connectivity index (χ2n) is 12.8. The third-order valence-corrected chi connectivity index (χ3v) is 9.15. The lowest BCUT2D eigenvalue weighted by molar-refractivity contribution is -0.143. The molecular weight excluding hydrogens is 480 g/mol. The first-order valence-corrected chi connectivity index (χ1v) is 15.1. The standard InChI is InChI=1S/C30H54N4O4/c1-22-27(35)13-12-25(34-22)11-10-24(20-31-3)17-23-7-4-5-14-30(38,19-28(36)37)21-33-29(2)15-16-32-26(18-29)9-6-8-23/h22-27,31-35,38H,4-5,7,9-21H2,1-3H3,(H,36,37)/t22-,23-,24+,25+,26-,27+,29-,30+/m0/s1. The molecule has 0 spiro atoms. The van der Waals surface area contributed by atoms with Crippen LogP contribution in [-0.2, 0) is 4.79 Å². The Morgan fingerprint density at radius 3 is 2.76 bits per heavy atom. The summed E-state index contributed by atoms with van der Waals surface area (Å²) < 4.78 is 0. The van der Waals surface area contributed by atoms with Crippen LogP contribution < -0.4 is 21.3 Å². The molecule has 3 aliphatic heterocycles. The summed E-state index contributed by atoms with van der Waals surface area (Å²) in [4.78, 5) is 11.5. The zero-order valence-corrected chi connectivity index (χ0v) is 24.0. The van der Waals surface area contributed by atoms with E-state index >= 15 is 0 Å². The van der Waals surface area contributed by atoms with Crippen molar-refractivity contribution in [2.24, 2.45) is 11.8 Å². The molecule has 0 aromatic carbocycles. The molecule has 0 aromatic rings. The summed E-state index contributed by atoms with van der Waals surface area (Å²) in [6, 6.07) is 0.926. The van der Waals surface area contributed by atoms with Crippen LogP contribution in [0.3, 0.4) is 0 Å². The van der Waals surface area contributed by atoms with Crippen molar-refractivity contribution in [3.8, 4) is 11.8 Å². The van der Waals surface area contributed by atoms with Crippen LogP contribution >= 0.6 is 0 Å². The molecule has 2 bridgehead atoms. The van der Waals surface area contributed by atoms with E-state index in [-0.39, 0.29) is 24.1 Å². The minimum atomic E-state index is -1.23. The van der Waals surface area contributed by atoms with Gasteiger partial charge >= 0.3 is 5.97 Å². The quantitative estimate of drug-likeness (QED) is 0.225. The third kappa shape index (κ3) is 10.4. The molecule has 3 heterocycles. The maximum atomic E-state index is 11.5. The smallest absolute Gasteiger partial charge is 0.306 e. The molecule has 0 unspecified atom stereocenters.